The van der Waals surface area contributed by atoms with E-state index in [0.29, 0.717) is 18.7 Å². The number of fused-ring (bicyclic) bond motifs is 1. The highest BCUT2D eigenvalue weighted by Gasteiger charge is 2.26. The Kier molecular flexibility index (Phi) is 6.11. The third-order valence-corrected chi connectivity index (χ3v) is 5.51. The number of aromatic nitrogens is 1. The second-order valence-corrected chi connectivity index (χ2v) is 7.17. The molecule has 0 saturated carbocycles. The van der Waals surface area contributed by atoms with E-state index in [2.05, 4.69) is 41.2 Å². The van der Waals surface area contributed by atoms with Gasteiger partial charge in [-0.2, -0.15) is 0 Å². The molecule has 1 aromatic heterocycles. The number of Topliss-reactive ketones (excluding diaryl/α,β-unsaturated/α-hetero) is 1. The van der Waals surface area contributed by atoms with Crippen LogP contribution in [-0.2, 0) is 19.5 Å². The average molecular weight is 367 g/mol. The third kappa shape index (κ3) is 4.14. The van der Waals surface area contributed by atoms with Gasteiger partial charge in [-0.3, -0.25) is 14.5 Å². The van der Waals surface area contributed by atoms with E-state index in [4.69, 9.17) is 0 Å². The topological polar surface area (TPSA) is 65.2 Å². The summed E-state index contributed by atoms with van der Waals surface area (Å²) in [7, 11) is 0. The first-order valence-corrected chi connectivity index (χ1v) is 9.87. The summed E-state index contributed by atoms with van der Waals surface area (Å²) < 4.78 is 0. The smallest absolute Gasteiger partial charge is 0.268 e. The van der Waals surface area contributed by atoms with Gasteiger partial charge in [0.2, 0.25) is 0 Å². The molecule has 0 unspecified atom stereocenters. The summed E-state index contributed by atoms with van der Waals surface area (Å²) in [6, 6.07) is 8.23. The molecule has 2 N–H and O–H groups in total. The zero-order valence-electron chi connectivity index (χ0n) is 16.5. The Hall–Kier alpha value is -2.40. The number of hydrogen-bond donors (Lipinski definition) is 2. The molecule has 1 aromatic carbocycles. The van der Waals surface area contributed by atoms with Gasteiger partial charge in [0.1, 0.15) is 5.69 Å². The summed E-state index contributed by atoms with van der Waals surface area (Å²) in [5, 5.41) is 3.03. The Morgan fingerprint density at radius 3 is 2.52 bits per heavy atom. The number of nitrogens with zero attached hydrogens (tertiary/aromatic N) is 1. The second-order valence-electron chi connectivity index (χ2n) is 7.17. The highest BCUT2D eigenvalue weighted by atomic mass is 16.2. The first-order chi connectivity index (χ1) is 13.0. The largest absolute Gasteiger partial charge is 0.354 e. The summed E-state index contributed by atoms with van der Waals surface area (Å²) in [5.41, 5.74) is 5.31. The van der Waals surface area contributed by atoms with Gasteiger partial charge in [-0.15, -0.1) is 0 Å². The van der Waals surface area contributed by atoms with E-state index >= 15 is 0 Å². The van der Waals surface area contributed by atoms with Crippen molar-refractivity contribution in [3.63, 3.8) is 0 Å². The van der Waals surface area contributed by atoms with Crippen LogP contribution in [0, 0.1) is 6.92 Å². The molecule has 144 valence electrons. The molecule has 5 heteroatoms. The number of nitrogens with one attached hydrogen (secondary N) is 2. The lowest BCUT2D eigenvalue weighted by molar-refractivity contribution is 0.0944. The molecule has 0 aliphatic heterocycles. The lowest BCUT2D eigenvalue weighted by Gasteiger charge is -2.20. The van der Waals surface area contributed by atoms with Gasteiger partial charge in [0, 0.05) is 30.8 Å². The first kappa shape index (κ1) is 19.4. The van der Waals surface area contributed by atoms with E-state index in [-0.39, 0.29) is 11.7 Å². The zero-order chi connectivity index (χ0) is 19.4. The van der Waals surface area contributed by atoms with Crippen LogP contribution in [0.1, 0.15) is 69.9 Å². The molecule has 0 atom stereocenters. The van der Waals surface area contributed by atoms with E-state index in [1.54, 1.807) is 0 Å². The molecule has 0 fully saturated rings. The predicted octanol–water partition coefficient (Wildman–Crippen LogP) is 3.61. The maximum atomic E-state index is 12.7. The molecule has 0 radical (unpaired) electrons. The lowest BCUT2D eigenvalue weighted by Crippen LogP contribution is -2.26. The summed E-state index contributed by atoms with van der Waals surface area (Å²) in [6.07, 6.45) is 2.26. The SMILES string of the molecule is CCN(CC)Cc1ccccc1CNC(=O)c1[nH]c2c(c1C)C(=O)CCC2. The van der Waals surface area contributed by atoms with Gasteiger partial charge in [0.05, 0.1) is 0 Å². The first-order valence-electron chi connectivity index (χ1n) is 9.87. The van der Waals surface area contributed by atoms with E-state index in [9.17, 15) is 9.59 Å². The van der Waals surface area contributed by atoms with Gasteiger partial charge >= 0.3 is 0 Å². The number of ketones is 1. The van der Waals surface area contributed by atoms with E-state index in [0.717, 1.165) is 54.9 Å². The van der Waals surface area contributed by atoms with Crippen LogP contribution in [0.25, 0.3) is 0 Å². The van der Waals surface area contributed by atoms with Gasteiger partial charge in [0.25, 0.3) is 5.91 Å². The van der Waals surface area contributed by atoms with Crippen LogP contribution in [0.4, 0.5) is 0 Å². The fraction of sp³-hybridized carbons (Fsp3) is 0.455. The van der Waals surface area contributed by atoms with Crippen LogP contribution < -0.4 is 5.32 Å². The third-order valence-electron chi connectivity index (χ3n) is 5.51. The number of H-pyrrole nitrogens is 1. The van der Waals surface area contributed by atoms with Crippen molar-refractivity contribution in [2.45, 2.75) is 53.1 Å². The summed E-state index contributed by atoms with van der Waals surface area (Å²) in [5.74, 6) is 0.000889. The van der Waals surface area contributed by atoms with Crippen LogP contribution in [0.15, 0.2) is 24.3 Å². The quantitative estimate of drug-likeness (QED) is 0.786. The maximum Gasteiger partial charge on any atom is 0.268 e. The number of carbonyl (C=O) groups is 2. The van der Waals surface area contributed by atoms with Crippen molar-refractivity contribution >= 4 is 11.7 Å². The molecule has 1 aliphatic carbocycles. The van der Waals surface area contributed by atoms with Gasteiger partial charge in [-0.05, 0) is 49.5 Å². The average Bonchev–Trinajstić information content (AvgIpc) is 3.03. The zero-order valence-corrected chi connectivity index (χ0v) is 16.5. The Morgan fingerprint density at radius 1 is 1.15 bits per heavy atom. The highest BCUT2D eigenvalue weighted by molar-refractivity contribution is 6.04. The van der Waals surface area contributed by atoms with Gasteiger partial charge < -0.3 is 10.3 Å². The number of hydrogen-bond acceptors (Lipinski definition) is 3. The van der Waals surface area contributed by atoms with Crippen molar-refractivity contribution in [3.8, 4) is 0 Å². The van der Waals surface area contributed by atoms with Crippen molar-refractivity contribution in [1.82, 2.24) is 15.2 Å². The van der Waals surface area contributed by atoms with Gasteiger partial charge in [-0.1, -0.05) is 38.1 Å². The van der Waals surface area contributed by atoms with E-state index < -0.39 is 0 Å². The number of aryl methyl sites for hydroxylation is 1. The van der Waals surface area contributed by atoms with Crippen LogP contribution in [0.3, 0.4) is 0 Å². The van der Waals surface area contributed by atoms with Crippen LogP contribution >= 0.6 is 0 Å². The van der Waals surface area contributed by atoms with E-state index in [1.807, 2.05) is 19.1 Å². The molecule has 1 amide bonds. The molecule has 1 heterocycles. The monoisotopic (exact) mass is 367 g/mol. The van der Waals surface area contributed by atoms with Gasteiger partial charge in [0.15, 0.2) is 5.78 Å². The molecule has 5 nitrogen and oxygen atoms in total. The standard InChI is InChI=1S/C22H29N3O2/c1-4-25(5-2)14-17-10-7-6-9-16(17)13-23-22(27)21-15(3)20-18(24-21)11-8-12-19(20)26/h6-7,9-10,24H,4-5,8,11-14H2,1-3H3,(H,23,27). The van der Waals surface area contributed by atoms with Crippen molar-refractivity contribution in [1.29, 1.82) is 0 Å². The van der Waals surface area contributed by atoms with Crippen molar-refractivity contribution in [3.05, 3.63) is 57.9 Å². The minimum atomic E-state index is -0.146. The Morgan fingerprint density at radius 2 is 1.85 bits per heavy atom. The fourth-order valence-corrected chi connectivity index (χ4v) is 3.84. The van der Waals surface area contributed by atoms with Crippen LogP contribution in [0.5, 0.6) is 0 Å². The summed E-state index contributed by atoms with van der Waals surface area (Å²) in [4.78, 5) is 30.5. The Bertz CT molecular complexity index is 834. The Labute approximate surface area is 161 Å². The molecule has 3 rings (SSSR count). The minimum Gasteiger partial charge on any atom is -0.354 e. The molecule has 2 aromatic rings. The van der Waals surface area contributed by atoms with Crippen molar-refractivity contribution in [2.24, 2.45) is 0 Å². The molecule has 1 aliphatic rings. The summed E-state index contributed by atoms with van der Waals surface area (Å²) >= 11 is 0. The fourth-order valence-electron chi connectivity index (χ4n) is 3.84. The van der Waals surface area contributed by atoms with E-state index in [1.165, 1.54) is 5.56 Å². The van der Waals surface area contributed by atoms with Crippen molar-refractivity contribution in [2.75, 3.05) is 13.1 Å². The second kappa shape index (κ2) is 8.53. The lowest BCUT2D eigenvalue weighted by atomic mass is 9.94. The molecular weight excluding hydrogens is 338 g/mol. The number of carbonyl (C=O) groups excluding carboxylic acids is 2. The van der Waals surface area contributed by atoms with Gasteiger partial charge in [-0.25, -0.2) is 0 Å². The molecule has 0 saturated heterocycles. The summed E-state index contributed by atoms with van der Waals surface area (Å²) in [6.45, 7) is 9.53. The predicted molar refractivity (Wildman–Crippen MR) is 107 cm³/mol. The number of amides is 1. The number of rotatable bonds is 7. The number of aromatic amines is 1. The molecule has 0 bridgehead atoms. The van der Waals surface area contributed by atoms with Crippen molar-refractivity contribution < 1.29 is 9.59 Å². The van der Waals surface area contributed by atoms with Crippen LogP contribution in [0.2, 0.25) is 0 Å². The molecular formula is C22H29N3O2. The maximum absolute atomic E-state index is 12.7. The Balaban J connectivity index is 1.73. The molecule has 0 spiro atoms. The normalized spacial score (nSPS) is 13.7. The highest BCUT2D eigenvalue weighted by Crippen LogP contribution is 2.26. The minimum absolute atomic E-state index is 0.146. The number of benzene rings is 1. The van der Waals surface area contributed by atoms with Crippen LogP contribution in [-0.4, -0.2) is 34.7 Å². The molecule has 27 heavy (non-hydrogen) atoms.